The molecule has 1 amide bonds. The summed E-state index contributed by atoms with van der Waals surface area (Å²) in [5.41, 5.74) is -1.28. The van der Waals surface area contributed by atoms with Crippen LogP contribution in [0.1, 0.15) is 51.5 Å². The minimum atomic E-state index is -4.72. The number of amides is 1. The van der Waals surface area contributed by atoms with Crippen LogP contribution >= 0.6 is 23.4 Å². The molecule has 14 heteroatoms. The first-order valence-corrected chi connectivity index (χ1v) is 12.6. The molecule has 1 aliphatic heterocycles. The topological polar surface area (TPSA) is 108 Å². The van der Waals surface area contributed by atoms with Crippen LogP contribution in [0.25, 0.3) is 6.01 Å². The van der Waals surface area contributed by atoms with E-state index in [2.05, 4.69) is 9.97 Å². The molecule has 0 radical (unpaired) electrons. The Kier molecular flexibility index (Phi) is 7.38. The van der Waals surface area contributed by atoms with Crippen molar-refractivity contribution in [1.82, 2.24) is 19.4 Å². The van der Waals surface area contributed by atoms with Crippen LogP contribution in [-0.4, -0.2) is 50.2 Å². The molecule has 0 saturated heterocycles. The molecule has 3 heterocycles. The van der Waals surface area contributed by atoms with Crippen molar-refractivity contribution in [2.45, 2.75) is 44.2 Å². The van der Waals surface area contributed by atoms with Gasteiger partial charge in [0.15, 0.2) is 10.9 Å². The number of esters is 1. The lowest BCUT2D eigenvalue weighted by molar-refractivity contribution is -0.137. The van der Waals surface area contributed by atoms with E-state index in [4.69, 9.17) is 20.8 Å². The molecule has 196 valence electrons. The average molecular weight is 557 g/mol. The normalized spacial score (nSPS) is 15.4. The molecule has 2 aromatic heterocycles. The second-order valence-electron chi connectivity index (χ2n) is 8.08. The molecule has 3 aromatic rings. The van der Waals surface area contributed by atoms with Gasteiger partial charge in [-0.3, -0.25) is 9.59 Å². The fourth-order valence-electron chi connectivity index (χ4n) is 3.92. The van der Waals surface area contributed by atoms with E-state index >= 15 is 0 Å². The molecule has 9 nitrogen and oxygen atoms in total. The first-order chi connectivity index (χ1) is 17.5. The summed E-state index contributed by atoms with van der Waals surface area (Å²) >= 11 is 6.80. The van der Waals surface area contributed by atoms with Crippen LogP contribution in [0, 0.1) is 0 Å². The van der Waals surface area contributed by atoms with Crippen molar-refractivity contribution in [3.05, 3.63) is 67.9 Å². The first kappa shape index (κ1) is 26.7. The molecular formula is C23H20ClF3N4O5S. The highest BCUT2D eigenvalue weighted by molar-refractivity contribution is 7.98. The third kappa shape index (κ3) is 5.10. The Morgan fingerprint density at radius 2 is 2.03 bits per heavy atom. The van der Waals surface area contributed by atoms with Crippen molar-refractivity contribution >= 4 is 35.2 Å². The van der Waals surface area contributed by atoms with E-state index in [-0.39, 0.29) is 42.0 Å². The maximum Gasteiger partial charge on any atom is 0.417 e. The van der Waals surface area contributed by atoms with Crippen molar-refractivity contribution in [2.24, 2.45) is 0 Å². The molecule has 0 saturated carbocycles. The van der Waals surface area contributed by atoms with Crippen LogP contribution in [-0.2, 0) is 23.9 Å². The number of fused-ring (bicyclic) bond motifs is 1. The van der Waals surface area contributed by atoms with E-state index in [0.29, 0.717) is 11.3 Å². The van der Waals surface area contributed by atoms with Gasteiger partial charge >= 0.3 is 18.2 Å². The van der Waals surface area contributed by atoms with Crippen LogP contribution in [0.2, 0.25) is 5.02 Å². The number of carbonyl (C=O) groups excluding carboxylic acids is 2. The summed E-state index contributed by atoms with van der Waals surface area (Å²) in [6.07, 6.45) is -1.89. The molecule has 1 atom stereocenters. The van der Waals surface area contributed by atoms with Gasteiger partial charge in [0.25, 0.3) is 11.5 Å². The lowest BCUT2D eigenvalue weighted by atomic mass is 9.98. The summed E-state index contributed by atoms with van der Waals surface area (Å²) in [7, 11) is 0. The number of benzene rings is 1. The van der Waals surface area contributed by atoms with Crippen LogP contribution in [0.4, 0.5) is 13.2 Å². The van der Waals surface area contributed by atoms with Gasteiger partial charge in [-0.05, 0) is 44.7 Å². The molecule has 0 N–H and O–H groups in total. The van der Waals surface area contributed by atoms with Crippen LogP contribution in [0.15, 0.2) is 38.8 Å². The molecule has 0 aliphatic carbocycles. The fourth-order valence-corrected chi connectivity index (χ4v) is 4.69. The van der Waals surface area contributed by atoms with Crippen LogP contribution in [0.5, 0.6) is 0 Å². The number of aromatic nitrogens is 3. The number of nitrogens with zero attached hydrogens (tertiary/aromatic N) is 4. The van der Waals surface area contributed by atoms with E-state index < -0.39 is 40.2 Å². The monoisotopic (exact) mass is 556 g/mol. The summed E-state index contributed by atoms with van der Waals surface area (Å²) in [5.74, 6) is -1.36. The van der Waals surface area contributed by atoms with Crippen LogP contribution in [0.3, 0.4) is 0 Å². The maximum atomic E-state index is 13.4. The number of thioether (sulfide) groups is 1. The molecule has 0 bridgehead atoms. The second-order valence-corrected chi connectivity index (χ2v) is 9.26. The Hall–Kier alpha value is -3.32. The first-order valence-electron chi connectivity index (χ1n) is 11.0. The number of hydrogen-bond acceptors (Lipinski definition) is 8. The Labute approximate surface area is 217 Å². The minimum absolute atomic E-state index is 0.0900. The predicted octanol–water partition coefficient (Wildman–Crippen LogP) is 4.38. The van der Waals surface area contributed by atoms with Gasteiger partial charge < -0.3 is 14.1 Å². The minimum Gasteiger partial charge on any atom is -0.461 e. The van der Waals surface area contributed by atoms with E-state index in [0.717, 1.165) is 34.7 Å². The van der Waals surface area contributed by atoms with Gasteiger partial charge in [-0.25, -0.2) is 14.3 Å². The van der Waals surface area contributed by atoms with Gasteiger partial charge in [-0.15, -0.1) is 0 Å². The van der Waals surface area contributed by atoms with Crippen molar-refractivity contribution in [3.63, 3.8) is 0 Å². The molecule has 37 heavy (non-hydrogen) atoms. The zero-order valence-corrected chi connectivity index (χ0v) is 21.3. The van der Waals surface area contributed by atoms with E-state index in [1.54, 1.807) is 20.1 Å². The quantitative estimate of drug-likeness (QED) is 0.259. The Morgan fingerprint density at radius 3 is 2.68 bits per heavy atom. The molecule has 0 unspecified atom stereocenters. The summed E-state index contributed by atoms with van der Waals surface area (Å²) in [5, 5.41) is -0.320. The van der Waals surface area contributed by atoms with Gasteiger partial charge in [0.2, 0.25) is 0 Å². The Morgan fingerprint density at radius 1 is 1.30 bits per heavy atom. The van der Waals surface area contributed by atoms with Gasteiger partial charge in [0.05, 0.1) is 29.4 Å². The average Bonchev–Trinajstić information content (AvgIpc) is 3.33. The zero-order valence-electron chi connectivity index (χ0n) is 19.8. The summed E-state index contributed by atoms with van der Waals surface area (Å²) in [6.45, 7) is 3.36. The van der Waals surface area contributed by atoms with Crippen molar-refractivity contribution in [2.75, 3.05) is 12.9 Å². The highest BCUT2D eigenvalue weighted by Crippen LogP contribution is 2.36. The largest absolute Gasteiger partial charge is 0.461 e. The van der Waals surface area contributed by atoms with Gasteiger partial charge in [0.1, 0.15) is 6.26 Å². The predicted molar refractivity (Wildman–Crippen MR) is 127 cm³/mol. The van der Waals surface area contributed by atoms with E-state index in [1.165, 1.54) is 11.0 Å². The fraction of sp³-hybridized carbons (Fsp3) is 0.348. The van der Waals surface area contributed by atoms with Crippen LogP contribution < -0.4 is 5.56 Å². The smallest absolute Gasteiger partial charge is 0.417 e. The van der Waals surface area contributed by atoms with Gasteiger partial charge in [-0.2, -0.15) is 18.2 Å². The molecule has 0 spiro atoms. The number of oxazole rings is 1. The van der Waals surface area contributed by atoms with E-state index in [1.807, 2.05) is 0 Å². The Balaban J connectivity index is 1.70. The Bertz CT molecular complexity index is 1440. The second kappa shape index (κ2) is 10.2. The van der Waals surface area contributed by atoms with Crippen molar-refractivity contribution < 1.29 is 31.9 Å². The van der Waals surface area contributed by atoms with E-state index in [9.17, 15) is 27.6 Å². The number of halogens is 4. The third-order valence-corrected chi connectivity index (χ3v) is 6.68. The number of rotatable bonds is 5. The van der Waals surface area contributed by atoms with Gasteiger partial charge in [0, 0.05) is 17.2 Å². The molecular weight excluding hydrogens is 537 g/mol. The van der Waals surface area contributed by atoms with Crippen molar-refractivity contribution in [3.8, 4) is 6.01 Å². The summed E-state index contributed by atoms with van der Waals surface area (Å²) < 4.78 is 51.3. The number of alkyl halides is 3. The maximum absolute atomic E-state index is 13.4. The standard InChI is InChI=1S/C23H20ClF3N4O5S/c1-4-35-20(34)17-10-36-21(28-17)31-19(33)13-7-11(2)30(9-16(13)29-22(31)37-3)18(32)12-5-6-15(24)14(8-12)23(25,26)27/h5-6,8,10-11H,4,7,9H2,1-3H3/t11-/m1/s1. The SMILES string of the molecule is CCOC(=O)c1coc(-n2c(SC)nc3c(c2=O)C[C@@H](C)N(C(=O)c2ccc(Cl)c(C(F)(F)F)c2)C3)n1. The molecule has 0 fully saturated rings. The molecule has 4 rings (SSSR count). The number of carbonyl (C=O) groups is 2. The highest BCUT2D eigenvalue weighted by atomic mass is 35.5. The molecule has 1 aromatic carbocycles. The zero-order chi connectivity index (χ0) is 27.1. The van der Waals surface area contributed by atoms with Crippen molar-refractivity contribution in [1.29, 1.82) is 0 Å². The third-order valence-electron chi connectivity index (χ3n) is 5.71. The number of hydrogen-bond donors (Lipinski definition) is 0. The lowest BCUT2D eigenvalue weighted by Crippen LogP contribution is -2.46. The highest BCUT2D eigenvalue weighted by Gasteiger charge is 2.36. The molecule has 1 aliphatic rings. The number of ether oxygens (including phenoxy) is 1. The lowest BCUT2D eigenvalue weighted by Gasteiger charge is -2.34. The summed E-state index contributed by atoms with van der Waals surface area (Å²) in [4.78, 5) is 48.5. The van der Waals surface area contributed by atoms with Gasteiger partial charge in [-0.1, -0.05) is 23.4 Å². The summed E-state index contributed by atoms with van der Waals surface area (Å²) in [6, 6.07) is 2.27.